The van der Waals surface area contributed by atoms with Crippen molar-refractivity contribution in [2.24, 2.45) is 0 Å². The van der Waals surface area contributed by atoms with E-state index < -0.39 is 17.5 Å². The number of rotatable bonds is 13. The number of amides is 1. The summed E-state index contributed by atoms with van der Waals surface area (Å²) in [6.07, 6.45) is 10.4. The van der Waals surface area contributed by atoms with Crippen LogP contribution >= 0.6 is 0 Å². The third kappa shape index (κ3) is 7.33. The first kappa shape index (κ1) is 28.4. The molecule has 1 aliphatic carbocycles. The van der Waals surface area contributed by atoms with Gasteiger partial charge in [0.05, 0.1) is 36.3 Å². The predicted molar refractivity (Wildman–Crippen MR) is 151 cm³/mol. The van der Waals surface area contributed by atoms with Gasteiger partial charge >= 0.3 is 0 Å². The summed E-state index contributed by atoms with van der Waals surface area (Å²) in [5.41, 5.74) is 1.06. The highest BCUT2D eigenvalue weighted by Crippen LogP contribution is 2.27. The number of halogens is 2. The van der Waals surface area contributed by atoms with Crippen molar-refractivity contribution in [1.82, 2.24) is 24.6 Å². The SMILES string of the molecule is O=C(Cn1cc(Nc2ncnc3cc(OCCCN(CCO)C4CCCC4)ccc23)cn1)Nc1cccc(F)c1F. The van der Waals surface area contributed by atoms with Crippen molar-refractivity contribution in [1.29, 1.82) is 0 Å². The zero-order chi connectivity index (χ0) is 28.6. The standard InChI is InChI=1S/C29H33F2N7O3/c30-24-7-3-8-25(28(24)31)36-27(40)18-38-17-20(16-34-38)35-29-23-10-9-22(15-26(23)32-19-33-29)41-14-4-11-37(12-13-39)21-5-1-2-6-21/h3,7-10,15-17,19,21,39H,1-2,4-6,11-14,18H2,(H,36,40)(H,32,33,35). The number of hydrogen-bond donors (Lipinski definition) is 3. The van der Waals surface area contributed by atoms with Gasteiger partial charge in [-0.2, -0.15) is 5.10 Å². The molecule has 1 saturated carbocycles. The van der Waals surface area contributed by atoms with E-state index in [0.717, 1.165) is 24.4 Å². The van der Waals surface area contributed by atoms with E-state index in [1.165, 1.54) is 55.0 Å². The average molecular weight is 566 g/mol. The van der Waals surface area contributed by atoms with E-state index >= 15 is 0 Å². The van der Waals surface area contributed by atoms with Crippen molar-refractivity contribution in [2.75, 3.05) is 36.9 Å². The number of ether oxygens (including phenoxy) is 1. The van der Waals surface area contributed by atoms with Gasteiger partial charge in [-0.05, 0) is 43.5 Å². The van der Waals surface area contributed by atoms with Crippen molar-refractivity contribution in [2.45, 2.75) is 44.7 Å². The largest absolute Gasteiger partial charge is 0.493 e. The monoisotopic (exact) mass is 565 g/mol. The molecular weight excluding hydrogens is 532 g/mol. The summed E-state index contributed by atoms with van der Waals surface area (Å²) in [5.74, 6) is -1.43. The molecule has 216 valence electrons. The number of anilines is 3. The Bertz CT molecular complexity index is 1480. The van der Waals surface area contributed by atoms with Gasteiger partial charge in [0.25, 0.3) is 0 Å². The number of carbonyl (C=O) groups is 1. The summed E-state index contributed by atoms with van der Waals surface area (Å²) in [5, 5.41) is 19.9. The van der Waals surface area contributed by atoms with Crippen molar-refractivity contribution in [3.63, 3.8) is 0 Å². The summed E-state index contributed by atoms with van der Waals surface area (Å²) in [4.78, 5) is 23.4. The Morgan fingerprint density at radius 3 is 2.83 bits per heavy atom. The topological polar surface area (TPSA) is 117 Å². The highest BCUT2D eigenvalue weighted by atomic mass is 19.2. The molecule has 3 N–H and O–H groups in total. The molecular formula is C29H33F2N7O3. The molecule has 0 bridgehead atoms. The number of aliphatic hydroxyl groups excluding tert-OH is 1. The molecule has 1 fully saturated rings. The minimum Gasteiger partial charge on any atom is -0.493 e. The summed E-state index contributed by atoms with van der Waals surface area (Å²) in [6, 6.07) is 9.77. The van der Waals surface area contributed by atoms with Crippen LogP contribution in [0.5, 0.6) is 5.75 Å². The third-order valence-electron chi connectivity index (χ3n) is 7.12. The van der Waals surface area contributed by atoms with Gasteiger partial charge in [-0.3, -0.25) is 14.4 Å². The number of benzene rings is 2. The van der Waals surface area contributed by atoms with Crippen molar-refractivity contribution < 1.29 is 23.4 Å². The molecule has 2 aromatic carbocycles. The van der Waals surface area contributed by atoms with E-state index in [9.17, 15) is 18.7 Å². The fraction of sp³-hybridized carbons (Fsp3) is 0.379. The summed E-state index contributed by atoms with van der Waals surface area (Å²) < 4.78 is 34.6. The molecule has 0 saturated heterocycles. The Hall–Kier alpha value is -4.16. The van der Waals surface area contributed by atoms with Crippen LogP contribution in [0.4, 0.5) is 26.0 Å². The molecule has 0 radical (unpaired) electrons. The highest BCUT2D eigenvalue weighted by Gasteiger charge is 2.21. The van der Waals surface area contributed by atoms with Crippen molar-refractivity contribution in [3.8, 4) is 5.75 Å². The Balaban J connectivity index is 1.15. The molecule has 0 aliphatic heterocycles. The second kappa shape index (κ2) is 13.5. The van der Waals surface area contributed by atoms with Crippen LogP contribution in [0.2, 0.25) is 0 Å². The van der Waals surface area contributed by atoms with Crippen LogP contribution in [0.25, 0.3) is 10.9 Å². The van der Waals surface area contributed by atoms with Gasteiger partial charge < -0.3 is 20.5 Å². The first-order valence-corrected chi connectivity index (χ1v) is 13.8. The average Bonchev–Trinajstić information content (AvgIpc) is 3.66. The lowest BCUT2D eigenvalue weighted by Gasteiger charge is -2.28. The zero-order valence-electron chi connectivity index (χ0n) is 22.6. The maximum absolute atomic E-state index is 13.8. The van der Waals surface area contributed by atoms with Gasteiger partial charge in [0.2, 0.25) is 5.91 Å². The Morgan fingerprint density at radius 2 is 2.00 bits per heavy atom. The van der Waals surface area contributed by atoms with Crippen LogP contribution in [0.15, 0.2) is 55.1 Å². The summed E-state index contributed by atoms with van der Waals surface area (Å²) in [6.45, 7) is 2.14. The smallest absolute Gasteiger partial charge is 0.246 e. The van der Waals surface area contributed by atoms with Crippen LogP contribution in [0.1, 0.15) is 32.1 Å². The van der Waals surface area contributed by atoms with Gasteiger partial charge in [-0.1, -0.05) is 18.9 Å². The van der Waals surface area contributed by atoms with Crippen molar-refractivity contribution >= 4 is 34.0 Å². The molecule has 1 amide bonds. The van der Waals surface area contributed by atoms with Crippen LogP contribution in [0, 0.1) is 11.6 Å². The molecule has 2 aromatic heterocycles. The third-order valence-corrected chi connectivity index (χ3v) is 7.12. The van der Waals surface area contributed by atoms with Crippen LogP contribution in [-0.2, 0) is 11.3 Å². The van der Waals surface area contributed by atoms with Gasteiger partial charge in [0.15, 0.2) is 11.6 Å². The molecule has 0 atom stereocenters. The molecule has 2 heterocycles. The van der Waals surface area contributed by atoms with Gasteiger partial charge in [0.1, 0.15) is 24.4 Å². The lowest BCUT2D eigenvalue weighted by molar-refractivity contribution is -0.116. The number of nitrogens with zero attached hydrogens (tertiary/aromatic N) is 5. The second-order valence-corrected chi connectivity index (χ2v) is 10.0. The minimum atomic E-state index is -1.11. The van der Waals surface area contributed by atoms with Gasteiger partial charge in [-0.25, -0.2) is 18.7 Å². The Morgan fingerprint density at radius 1 is 1.15 bits per heavy atom. The van der Waals surface area contributed by atoms with E-state index in [0.29, 0.717) is 42.0 Å². The minimum absolute atomic E-state index is 0.173. The van der Waals surface area contributed by atoms with E-state index in [1.54, 1.807) is 6.20 Å². The number of aliphatic hydroxyl groups is 1. The van der Waals surface area contributed by atoms with Gasteiger partial charge in [-0.15, -0.1) is 0 Å². The maximum atomic E-state index is 13.8. The molecule has 10 nitrogen and oxygen atoms in total. The lowest BCUT2D eigenvalue weighted by Crippen LogP contribution is -2.36. The molecule has 0 spiro atoms. The maximum Gasteiger partial charge on any atom is 0.246 e. The van der Waals surface area contributed by atoms with E-state index in [-0.39, 0.29) is 18.8 Å². The first-order valence-electron chi connectivity index (χ1n) is 13.8. The van der Waals surface area contributed by atoms with Crippen molar-refractivity contribution in [3.05, 3.63) is 66.8 Å². The predicted octanol–water partition coefficient (Wildman–Crippen LogP) is 4.49. The van der Waals surface area contributed by atoms with E-state index in [1.807, 2.05) is 18.2 Å². The number of hydrogen-bond acceptors (Lipinski definition) is 8. The van der Waals surface area contributed by atoms with Crippen LogP contribution < -0.4 is 15.4 Å². The summed E-state index contributed by atoms with van der Waals surface area (Å²) in [7, 11) is 0. The van der Waals surface area contributed by atoms with Gasteiger partial charge in [0, 0.05) is 36.8 Å². The number of carbonyl (C=O) groups excluding carboxylic acids is 1. The lowest BCUT2D eigenvalue weighted by atomic mass is 10.2. The second-order valence-electron chi connectivity index (χ2n) is 10.0. The molecule has 1 aliphatic rings. The summed E-state index contributed by atoms with van der Waals surface area (Å²) >= 11 is 0. The zero-order valence-corrected chi connectivity index (χ0v) is 22.6. The first-order chi connectivity index (χ1) is 20.0. The Labute approximate surface area is 236 Å². The number of aromatic nitrogens is 4. The molecule has 4 aromatic rings. The quantitative estimate of drug-likeness (QED) is 0.203. The molecule has 0 unspecified atom stereocenters. The molecule has 12 heteroatoms. The molecule has 5 rings (SSSR count). The number of fused-ring (bicyclic) bond motifs is 1. The fourth-order valence-electron chi connectivity index (χ4n) is 5.15. The number of nitrogens with one attached hydrogen (secondary N) is 2. The Kier molecular flexibility index (Phi) is 9.32. The van der Waals surface area contributed by atoms with Crippen LogP contribution in [-0.4, -0.2) is 68.0 Å². The normalized spacial score (nSPS) is 13.7. The molecule has 41 heavy (non-hydrogen) atoms. The fourth-order valence-corrected chi connectivity index (χ4v) is 5.15. The van der Waals surface area contributed by atoms with E-state index in [4.69, 9.17) is 4.74 Å². The highest BCUT2D eigenvalue weighted by molar-refractivity contribution is 5.92. The van der Waals surface area contributed by atoms with E-state index in [2.05, 4.69) is 30.6 Å². The van der Waals surface area contributed by atoms with Crippen LogP contribution in [0.3, 0.4) is 0 Å².